The Morgan fingerprint density at radius 3 is 2.56 bits per heavy atom. The third-order valence-corrected chi connectivity index (χ3v) is 3.13. The van der Waals surface area contributed by atoms with Gasteiger partial charge in [-0.3, -0.25) is 14.9 Å². The second-order valence-electron chi connectivity index (χ2n) is 3.09. The van der Waals surface area contributed by atoms with Crippen LogP contribution in [0.2, 0.25) is 0 Å². The Bertz CT molecular complexity index is 651. The minimum Gasteiger partial charge on any atom is -0.315 e. The van der Waals surface area contributed by atoms with Gasteiger partial charge in [0.15, 0.2) is 0 Å². The van der Waals surface area contributed by atoms with Crippen molar-refractivity contribution in [3.8, 4) is 0 Å². The quantitative estimate of drug-likeness (QED) is 0.636. The average Bonchev–Trinajstić information content (AvgIpc) is 2.18. The lowest BCUT2D eigenvalue weighted by atomic mass is 10.2. The molecule has 1 aromatic heterocycles. The van der Waals surface area contributed by atoms with E-state index in [0.29, 0.717) is 15.4 Å². The van der Waals surface area contributed by atoms with E-state index in [1.54, 1.807) is 12.1 Å². The minimum absolute atomic E-state index is 0.461. The van der Waals surface area contributed by atoms with E-state index in [2.05, 4.69) is 36.8 Å². The van der Waals surface area contributed by atoms with Gasteiger partial charge < -0.3 is 4.98 Å². The van der Waals surface area contributed by atoms with Crippen LogP contribution < -0.4 is 5.56 Å². The van der Waals surface area contributed by atoms with Crippen LogP contribution in [-0.2, 0) is 0 Å². The maximum atomic E-state index is 11.4. The molecule has 0 saturated carbocycles. The van der Waals surface area contributed by atoms with Crippen LogP contribution in [0.15, 0.2) is 31.9 Å². The molecule has 0 aliphatic carbocycles. The molecule has 0 unspecified atom stereocenters. The molecule has 0 atom stereocenters. The minimum atomic E-state index is -0.708. The van der Waals surface area contributed by atoms with Crippen molar-refractivity contribution < 1.29 is 4.92 Å². The van der Waals surface area contributed by atoms with Crippen LogP contribution in [0.25, 0.3) is 10.9 Å². The van der Waals surface area contributed by atoms with Crippen LogP contribution in [-0.4, -0.2) is 9.91 Å². The summed E-state index contributed by atoms with van der Waals surface area (Å²) in [6.45, 7) is 0. The number of nitrogens with zero attached hydrogens (tertiary/aromatic N) is 1. The highest BCUT2D eigenvalue weighted by Crippen LogP contribution is 2.27. The number of hydrogen-bond acceptors (Lipinski definition) is 3. The number of rotatable bonds is 1. The summed E-state index contributed by atoms with van der Waals surface area (Å²) in [6.07, 6.45) is 0. The Hall–Kier alpha value is -1.21. The Kier molecular flexibility index (Phi) is 2.81. The van der Waals surface area contributed by atoms with Gasteiger partial charge in [-0.1, -0.05) is 15.9 Å². The fraction of sp³-hybridized carbons (Fsp3) is 0. The van der Waals surface area contributed by atoms with Crippen molar-refractivity contribution in [2.24, 2.45) is 0 Å². The van der Waals surface area contributed by atoms with Gasteiger partial charge in [0.05, 0.1) is 10.4 Å². The summed E-state index contributed by atoms with van der Waals surface area (Å²) in [7, 11) is 0. The number of benzene rings is 1. The average molecular weight is 348 g/mol. The van der Waals surface area contributed by atoms with Gasteiger partial charge >= 0.3 is 11.2 Å². The molecule has 2 aromatic rings. The lowest BCUT2D eigenvalue weighted by Crippen LogP contribution is -2.11. The normalized spacial score (nSPS) is 10.6. The lowest BCUT2D eigenvalue weighted by molar-refractivity contribution is -0.386. The number of nitro groups is 1. The molecule has 0 aliphatic rings. The van der Waals surface area contributed by atoms with E-state index < -0.39 is 16.2 Å². The number of nitrogens with one attached hydrogen (secondary N) is 1. The van der Waals surface area contributed by atoms with Gasteiger partial charge in [-0.05, 0) is 28.1 Å². The molecule has 0 bridgehead atoms. The summed E-state index contributed by atoms with van der Waals surface area (Å²) < 4.78 is 1.44. The highest BCUT2D eigenvalue weighted by Gasteiger charge is 2.14. The van der Waals surface area contributed by atoms with Crippen LogP contribution >= 0.6 is 31.9 Å². The Labute approximate surface area is 106 Å². The van der Waals surface area contributed by atoms with E-state index in [1.165, 1.54) is 6.07 Å². The van der Waals surface area contributed by atoms with Crippen molar-refractivity contribution in [1.29, 1.82) is 0 Å². The zero-order chi connectivity index (χ0) is 11.9. The molecule has 7 heteroatoms. The standard InChI is InChI=1S/C9H4Br2N2O3/c10-5-1-4-2-7(13(15)16)9(14)12-8(4)6(11)3-5/h1-3H,(H,12,14). The number of pyridine rings is 1. The number of H-pyrrole nitrogens is 1. The first kappa shape index (κ1) is 11.3. The van der Waals surface area contributed by atoms with Crippen LogP contribution in [0.3, 0.4) is 0 Å². The molecular weight excluding hydrogens is 344 g/mol. The number of hydrogen-bond donors (Lipinski definition) is 1. The topological polar surface area (TPSA) is 76.0 Å². The van der Waals surface area contributed by atoms with E-state index in [1.807, 2.05) is 0 Å². The third kappa shape index (κ3) is 1.88. The van der Waals surface area contributed by atoms with Crippen molar-refractivity contribution in [1.82, 2.24) is 4.98 Å². The zero-order valence-electron chi connectivity index (χ0n) is 7.66. The summed E-state index contributed by atoms with van der Waals surface area (Å²) in [5.41, 5.74) is -0.628. The molecule has 0 aliphatic heterocycles. The molecule has 82 valence electrons. The van der Waals surface area contributed by atoms with Crippen molar-refractivity contribution in [3.05, 3.63) is 47.6 Å². The van der Waals surface area contributed by atoms with Crippen molar-refractivity contribution >= 4 is 48.5 Å². The van der Waals surface area contributed by atoms with Crippen LogP contribution in [0, 0.1) is 10.1 Å². The molecule has 1 aromatic carbocycles. The van der Waals surface area contributed by atoms with Gasteiger partial charge in [0.25, 0.3) is 0 Å². The van der Waals surface area contributed by atoms with Gasteiger partial charge in [-0.2, -0.15) is 0 Å². The number of fused-ring (bicyclic) bond motifs is 1. The SMILES string of the molecule is O=c1[nH]c2c(Br)cc(Br)cc2cc1[N+](=O)[O-]. The third-order valence-electron chi connectivity index (χ3n) is 2.05. The van der Waals surface area contributed by atoms with Crippen LogP contribution in [0.5, 0.6) is 0 Å². The fourth-order valence-electron chi connectivity index (χ4n) is 1.37. The molecular formula is C9H4Br2N2O3. The van der Waals surface area contributed by atoms with E-state index in [0.717, 1.165) is 4.47 Å². The summed E-state index contributed by atoms with van der Waals surface area (Å²) in [4.78, 5) is 23.7. The van der Waals surface area contributed by atoms with Gasteiger partial charge in [-0.15, -0.1) is 0 Å². The highest BCUT2D eigenvalue weighted by atomic mass is 79.9. The Balaban J connectivity index is 2.90. The van der Waals surface area contributed by atoms with Crippen LogP contribution in [0.1, 0.15) is 0 Å². The summed E-state index contributed by atoms with van der Waals surface area (Å²) in [6, 6.07) is 4.71. The molecule has 0 amide bonds. The molecule has 5 nitrogen and oxygen atoms in total. The van der Waals surface area contributed by atoms with Crippen molar-refractivity contribution in [3.63, 3.8) is 0 Å². The first-order chi connectivity index (χ1) is 7.49. The smallest absolute Gasteiger partial charge is 0.315 e. The van der Waals surface area contributed by atoms with Gasteiger partial charge in [-0.25, -0.2) is 0 Å². The first-order valence-corrected chi connectivity index (χ1v) is 5.74. The molecule has 1 N–H and O–H groups in total. The molecule has 16 heavy (non-hydrogen) atoms. The number of halogens is 2. The largest absolute Gasteiger partial charge is 0.334 e. The maximum absolute atomic E-state index is 11.4. The second-order valence-corrected chi connectivity index (χ2v) is 4.86. The second kappa shape index (κ2) is 3.99. The summed E-state index contributed by atoms with van der Waals surface area (Å²) in [5, 5.41) is 11.2. The monoisotopic (exact) mass is 346 g/mol. The first-order valence-electron chi connectivity index (χ1n) is 4.15. The van der Waals surface area contributed by atoms with Gasteiger partial charge in [0.2, 0.25) is 0 Å². The highest BCUT2D eigenvalue weighted by molar-refractivity contribution is 9.11. The summed E-state index contributed by atoms with van der Waals surface area (Å²) >= 11 is 6.54. The van der Waals surface area contributed by atoms with Gasteiger partial charge in [0, 0.05) is 20.4 Å². The predicted octanol–water partition coefficient (Wildman–Crippen LogP) is 2.96. The summed E-state index contributed by atoms with van der Waals surface area (Å²) in [5.74, 6) is 0. The van der Waals surface area contributed by atoms with Crippen molar-refractivity contribution in [2.75, 3.05) is 0 Å². The Morgan fingerprint density at radius 2 is 1.94 bits per heavy atom. The van der Waals surface area contributed by atoms with E-state index in [-0.39, 0.29) is 0 Å². The van der Waals surface area contributed by atoms with Crippen molar-refractivity contribution in [2.45, 2.75) is 0 Å². The van der Waals surface area contributed by atoms with Gasteiger partial charge in [0.1, 0.15) is 0 Å². The van der Waals surface area contributed by atoms with E-state index in [4.69, 9.17) is 0 Å². The van der Waals surface area contributed by atoms with E-state index in [9.17, 15) is 14.9 Å². The molecule has 1 heterocycles. The zero-order valence-corrected chi connectivity index (χ0v) is 10.8. The molecule has 0 radical (unpaired) electrons. The maximum Gasteiger partial charge on any atom is 0.334 e. The fourth-order valence-corrected chi connectivity index (χ4v) is 2.72. The number of aromatic nitrogens is 1. The Morgan fingerprint density at radius 1 is 1.25 bits per heavy atom. The molecule has 0 saturated heterocycles. The molecule has 0 spiro atoms. The molecule has 0 fully saturated rings. The lowest BCUT2D eigenvalue weighted by Gasteiger charge is -2.01. The molecule has 2 rings (SSSR count). The number of aromatic amines is 1. The van der Waals surface area contributed by atoms with E-state index >= 15 is 0 Å². The van der Waals surface area contributed by atoms with Crippen LogP contribution in [0.4, 0.5) is 5.69 Å². The predicted molar refractivity (Wildman–Crippen MR) is 66.6 cm³/mol.